The Morgan fingerprint density at radius 3 is 2.35 bits per heavy atom. The Morgan fingerprint density at radius 2 is 1.77 bits per heavy atom. The van der Waals surface area contributed by atoms with E-state index in [4.69, 9.17) is 33.2 Å². The van der Waals surface area contributed by atoms with Gasteiger partial charge in [0.05, 0.1) is 11.2 Å². The summed E-state index contributed by atoms with van der Waals surface area (Å²) in [5, 5.41) is 0. The Labute approximate surface area is 154 Å². The summed E-state index contributed by atoms with van der Waals surface area (Å²) in [7, 11) is 0. The molecule has 2 rings (SSSR count). The Bertz CT molecular complexity index is 501. The van der Waals surface area contributed by atoms with Crippen molar-refractivity contribution in [1.29, 1.82) is 0 Å². The molecule has 3 atom stereocenters. The minimum Gasteiger partial charge on any atom is -0.430 e. The third kappa shape index (κ3) is 6.99. The highest BCUT2D eigenvalue weighted by Crippen LogP contribution is 2.26. The first-order valence-electron chi connectivity index (χ1n) is 9.01. The highest BCUT2D eigenvalue weighted by atomic mass is 16.8. The van der Waals surface area contributed by atoms with Crippen molar-refractivity contribution in [2.45, 2.75) is 70.9 Å². The molecule has 2 aliphatic rings. The standard InChI is InChI=1S/C18H30O8/c1-12(6-17(2,3)24-11-14-10-22-16(20)26-14)8-23-18(4,5)7-13-9-21-15(19)25-13/h12-14H,6-11H2,1-5H3/p+1/t12?,13?,14-/m0/s1. The third-order valence-corrected chi connectivity index (χ3v) is 4.29. The first-order valence-corrected chi connectivity index (χ1v) is 9.01. The zero-order chi connectivity index (χ0) is 19.4. The van der Waals surface area contributed by atoms with Crippen LogP contribution >= 0.6 is 0 Å². The second kappa shape index (κ2) is 8.43. The van der Waals surface area contributed by atoms with E-state index in [1.54, 1.807) is 0 Å². The van der Waals surface area contributed by atoms with Crippen molar-refractivity contribution in [2.24, 2.45) is 5.92 Å². The van der Waals surface area contributed by atoms with Gasteiger partial charge < -0.3 is 33.2 Å². The second-order valence-electron chi connectivity index (χ2n) is 8.27. The molecule has 2 unspecified atom stereocenters. The Balaban J connectivity index is 1.68. The smallest absolute Gasteiger partial charge is 0.430 e. The van der Waals surface area contributed by atoms with Gasteiger partial charge in [0.2, 0.25) is 12.7 Å². The van der Waals surface area contributed by atoms with Gasteiger partial charge in [-0.3, -0.25) is 0 Å². The van der Waals surface area contributed by atoms with Gasteiger partial charge in [0.1, 0.15) is 19.3 Å². The minimum atomic E-state index is -0.611. The normalized spacial score (nSPS) is 24.7. The molecule has 0 amide bonds. The second-order valence-corrected chi connectivity index (χ2v) is 8.27. The summed E-state index contributed by atoms with van der Waals surface area (Å²) in [6.45, 7) is 11.6. The van der Waals surface area contributed by atoms with E-state index in [1.165, 1.54) is 0 Å². The fourth-order valence-corrected chi connectivity index (χ4v) is 3.17. The molecule has 0 bridgehead atoms. The van der Waals surface area contributed by atoms with E-state index >= 15 is 0 Å². The maximum Gasteiger partial charge on any atom is 0.713 e. The molecule has 0 spiro atoms. The predicted octanol–water partition coefficient (Wildman–Crippen LogP) is 2.40. The topological polar surface area (TPSA) is 93.9 Å². The summed E-state index contributed by atoms with van der Waals surface area (Å²) in [4.78, 5) is 20.1. The molecule has 0 aromatic rings. The van der Waals surface area contributed by atoms with Crippen LogP contribution in [0.3, 0.4) is 0 Å². The van der Waals surface area contributed by atoms with Gasteiger partial charge in [-0.2, -0.15) is 0 Å². The highest BCUT2D eigenvalue weighted by Gasteiger charge is 2.37. The molecule has 0 aromatic carbocycles. The van der Waals surface area contributed by atoms with Crippen LogP contribution in [0.5, 0.6) is 0 Å². The summed E-state index contributed by atoms with van der Waals surface area (Å²) in [5.41, 5.74) is -0.774. The summed E-state index contributed by atoms with van der Waals surface area (Å²) >= 11 is 0. The number of cyclic esters (lactones) is 4. The fraction of sp³-hybridized carbons (Fsp3) is 0.889. The quantitative estimate of drug-likeness (QED) is 0.427. The molecule has 2 aliphatic heterocycles. The summed E-state index contributed by atoms with van der Waals surface area (Å²) in [5.74, 6) is 0.271. The van der Waals surface area contributed by atoms with Crippen LogP contribution < -0.4 is 0 Å². The van der Waals surface area contributed by atoms with Crippen LogP contribution in [0.4, 0.5) is 4.79 Å². The van der Waals surface area contributed by atoms with Crippen molar-refractivity contribution in [1.82, 2.24) is 0 Å². The van der Waals surface area contributed by atoms with Gasteiger partial charge in [0.25, 0.3) is 0 Å². The average Bonchev–Trinajstić information content (AvgIpc) is 3.11. The van der Waals surface area contributed by atoms with Crippen LogP contribution in [-0.4, -0.2) is 66.9 Å². The van der Waals surface area contributed by atoms with Crippen molar-refractivity contribution >= 4 is 12.3 Å². The number of rotatable bonds is 10. The van der Waals surface area contributed by atoms with Crippen molar-refractivity contribution in [3.8, 4) is 0 Å². The minimum absolute atomic E-state index is 0.255. The Hall–Kier alpha value is -1.54. The lowest BCUT2D eigenvalue weighted by Crippen LogP contribution is -2.35. The summed E-state index contributed by atoms with van der Waals surface area (Å²) < 4.78 is 31.8. The molecule has 2 heterocycles. The SMILES string of the molecule is CC(COC(C)(C)CC1COC(=O)O1)CC(C)(C)OC[C@@H]1COC(=[OH+])O1. The van der Waals surface area contributed by atoms with Crippen LogP contribution in [0.2, 0.25) is 0 Å². The zero-order valence-corrected chi connectivity index (χ0v) is 16.3. The maximum atomic E-state index is 11.0. The molecule has 0 radical (unpaired) electrons. The molecule has 8 heteroatoms. The lowest BCUT2D eigenvalue weighted by atomic mass is 9.94. The highest BCUT2D eigenvalue weighted by molar-refractivity contribution is 5.62. The van der Waals surface area contributed by atoms with Crippen LogP contribution in [0.1, 0.15) is 47.5 Å². The predicted molar refractivity (Wildman–Crippen MR) is 92.4 cm³/mol. The zero-order valence-electron chi connectivity index (χ0n) is 16.3. The molecule has 2 saturated heterocycles. The van der Waals surface area contributed by atoms with Crippen molar-refractivity contribution < 1.29 is 38.0 Å². The maximum absolute atomic E-state index is 11.0. The van der Waals surface area contributed by atoms with Crippen LogP contribution in [-0.2, 0) is 28.4 Å². The van der Waals surface area contributed by atoms with E-state index in [1.807, 2.05) is 27.7 Å². The molecule has 26 heavy (non-hydrogen) atoms. The van der Waals surface area contributed by atoms with Gasteiger partial charge >= 0.3 is 12.3 Å². The van der Waals surface area contributed by atoms with E-state index in [-0.39, 0.29) is 30.3 Å². The molecule has 8 nitrogen and oxygen atoms in total. The van der Waals surface area contributed by atoms with Crippen LogP contribution in [0.15, 0.2) is 0 Å². The summed E-state index contributed by atoms with van der Waals surface area (Å²) in [6.07, 6.45) is -0.150. The molecule has 0 saturated carbocycles. The summed E-state index contributed by atoms with van der Waals surface area (Å²) in [6, 6.07) is 0. The van der Waals surface area contributed by atoms with Crippen LogP contribution in [0, 0.1) is 5.92 Å². The van der Waals surface area contributed by atoms with Gasteiger partial charge in [0.15, 0.2) is 0 Å². The molecule has 150 valence electrons. The van der Waals surface area contributed by atoms with Crippen molar-refractivity contribution in [2.75, 3.05) is 26.4 Å². The number of hydrogen-bond acceptors (Lipinski definition) is 7. The van der Waals surface area contributed by atoms with E-state index < -0.39 is 17.9 Å². The van der Waals surface area contributed by atoms with E-state index in [0.717, 1.165) is 6.42 Å². The molecule has 2 fully saturated rings. The largest absolute Gasteiger partial charge is 0.713 e. The molecule has 0 aliphatic carbocycles. The van der Waals surface area contributed by atoms with Gasteiger partial charge in [0, 0.05) is 13.0 Å². The van der Waals surface area contributed by atoms with Gasteiger partial charge in [-0.1, -0.05) is 6.92 Å². The van der Waals surface area contributed by atoms with Gasteiger partial charge in [-0.25, -0.2) is 4.79 Å². The van der Waals surface area contributed by atoms with Gasteiger partial charge in [-0.15, -0.1) is 0 Å². The molecular formula is C18H31O8+. The number of carbonyl (C=O) groups is 1. The molecule has 1 N–H and O–H groups in total. The van der Waals surface area contributed by atoms with E-state index in [2.05, 4.69) is 6.92 Å². The average molecular weight is 375 g/mol. The lowest BCUT2D eigenvalue weighted by molar-refractivity contribution is -0.0875. The van der Waals surface area contributed by atoms with Crippen molar-refractivity contribution in [3.63, 3.8) is 0 Å². The van der Waals surface area contributed by atoms with Gasteiger partial charge in [-0.05, 0) is 40.0 Å². The lowest BCUT2D eigenvalue weighted by Gasteiger charge is -2.32. The van der Waals surface area contributed by atoms with Crippen molar-refractivity contribution in [3.05, 3.63) is 0 Å². The number of hydrogen-bond donors (Lipinski definition) is 0. The molecule has 0 aromatic heterocycles. The number of carbonyl (C=O) groups excluding carboxylic acids is 2. The van der Waals surface area contributed by atoms with E-state index in [9.17, 15) is 4.79 Å². The number of ether oxygens (including phenoxy) is 6. The molecular weight excluding hydrogens is 344 g/mol. The fourth-order valence-electron chi connectivity index (χ4n) is 3.17. The third-order valence-electron chi connectivity index (χ3n) is 4.29. The monoisotopic (exact) mass is 375 g/mol. The van der Waals surface area contributed by atoms with E-state index in [0.29, 0.717) is 26.2 Å². The Morgan fingerprint density at radius 1 is 1.08 bits per heavy atom. The first-order chi connectivity index (χ1) is 12.0. The first kappa shape index (κ1) is 20.8. The Kier molecular flexibility index (Phi) is 6.74. The van der Waals surface area contributed by atoms with Crippen LogP contribution in [0.25, 0.3) is 0 Å².